The van der Waals surface area contributed by atoms with E-state index in [2.05, 4.69) is 13.8 Å². The van der Waals surface area contributed by atoms with Crippen LogP contribution in [0.15, 0.2) is 0 Å². The molecule has 0 unspecified atom stereocenters. The topological polar surface area (TPSA) is 94.8 Å². The molecule has 0 bridgehead atoms. The minimum atomic E-state index is -2.00. The molecule has 5 nitrogen and oxygen atoms in total. The van der Waals surface area contributed by atoms with E-state index < -0.39 is 19.1 Å². The maximum atomic E-state index is 8.50. The van der Waals surface area contributed by atoms with E-state index in [1.807, 2.05) is 0 Å². The number of hydrogen-bond acceptors (Lipinski definition) is 5. The van der Waals surface area contributed by atoms with Gasteiger partial charge >= 0.3 is 25.7 Å². The van der Waals surface area contributed by atoms with Crippen molar-refractivity contribution in [3.63, 3.8) is 0 Å². The van der Waals surface area contributed by atoms with Gasteiger partial charge < -0.3 is 22.2 Å². The Kier molecular flexibility index (Phi) is 81.6. The average Bonchev–Trinajstić information content (AvgIpc) is 2.68. The monoisotopic (exact) mass is 401 g/mol. The average molecular weight is 401 g/mol. The molecule has 0 amide bonds. The van der Waals surface area contributed by atoms with E-state index in [4.69, 9.17) is 22.0 Å². The Hall–Kier alpha value is 0.194. The molecule has 0 atom stereocenters. The van der Waals surface area contributed by atoms with Crippen LogP contribution in [0.1, 0.15) is 96.8 Å². The van der Waals surface area contributed by atoms with Gasteiger partial charge in [0.15, 0.2) is 0 Å². The second-order valence-corrected chi connectivity index (χ2v) is 5.44. The second-order valence-electron chi connectivity index (χ2n) is 5.18. The Morgan fingerprint density at radius 3 is 0.960 bits per heavy atom. The van der Waals surface area contributed by atoms with Crippen LogP contribution in [0, 0.1) is 6.92 Å². The molecule has 0 aromatic carbocycles. The zero-order valence-corrected chi connectivity index (χ0v) is 18.8. The summed E-state index contributed by atoms with van der Waals surface area (Å²) in [5.41, 5.74) is 0. The van der Waals surface area contributed by atoms with E-state index in [1.54, 1.807) is 0 Å². The summed E-state index contributed by atoms with van der Waals surface area (Å²) in [6, 6.07) is 0. The van der Waals surface area contributed by atoms with Gasteiger partial charge in [0, 0.05) is 21.3 Å². The zero-order chi connectivity index (χ0) is 20.6. The fourth-order valence-corrected chi connectivity index (χ4v) is 2.19. The zero-order valence-electron chi connectivity index (χ0n) is 17.3. The molecule has 25 heavy (non-hydrogen) atoms. The summed E-state index contributed by atoms with van der Waals surface area (Å²) in [5, 5.41) is 21.0. The molecule has 0 heterocycles. The summed E-state index contributed by atoms with van der Waals surface area (Å²) < 4.78 is 17.0. The molecule has 0 spiro atoms. The molecule has 0 aliphatic rings. The van der Waals surface area contributed by atoms with Crippen LogP contribution >= 0.6 is 0 Å². The van der Waals surface area contributed by atoms with E-state index >= 15 is 0 Å². The van der Waals surface area contributed by atoms with Gasteiger partial charge in [-0.2, -0.15) is 6.42 Å². The van der Waals surface area contributed by atoms with E-state index in [0.29, 0.717) is 0 Å². The third kappa shape index (κ3) is 68.5. The standard InChI is InChI=1S/C16H33.3CH4O.2O.Ti/c1-3-5-7-9-11-13-15-16-14-12-10-8-6-4-2;3*1-2;;;/h1,3-16H2,2H3;3*2H,1H3;;;/q-1;;;;;;. The van der Waals surface area contributed by atoms with Crippen LogP contribution < -0.4 is 0 Å². The van der Waals surface area contributed by atoms with E-state index in [1.165, 1.54) is 83.5 Å². The van der Waals surface area contributed by atoms with Crippen molar-refractivity contribution in [2.24, 2.45) is 0 Å². The van der Waals surface area contributed by atoms with Gasteiger partial charge in [-0.25, -0.2) is 0 Å². The van der Waals surface area contributed by atoms with Gasteiger partial charge in [0.25, 0.3) is 0 Å². The van der Waals surface area contributed by atoms with Gasteiger partial charge in [0.2, 0.25) is 0 Å². The molecule has 0 saturated carbocycles. The first-order chi connectivity index (χ1) is 12.3. The number of aliphatic hydroxyl groups excluding tert-OH is 3. The second kappa shape index (κ2) is 56.4. The van der Waals surface area contributed by atoms with Crippen LogP contribution in [0.25, 0.3) is 0 Å². The van der Waals surface area contributed by atoms with Gasteiger partial charge in [0.05, 0.1) is 0 Å². The van der Waals surface area contributed by atoms with Crippen LogP contribution in [0.2, 0.25) is 0 Å². The Bertz CT molecular complexity index is 173. The maximum absolute atomic E-state index is 8.50. The Morgan fingerprint density at radius 2 is 0.760 bits per heavy atom. The molecule has 6 heteroatoms. The third-order valence-electron chi connectivity index (χ3n) is 3.35. The summed E-state index contributed by atoms with van der Waals surface area (Å²) in [6.07, 6.45) is 19.8. The van der Waals surface area contributed by atoms with Gasteiger partial charge in [-0.3, -0.25) is 0 Å². The molecular formula is C19H45O5Ti-. The summed E-state index contributed by atoms with van der Waals surface area (Å²) in [6.45, 7) is 6.16. The minimum absolute atomic E-state index is 1.00. The molecule has 156 valence electrons. The van der Waals surface area contributed by atoms with Gasteiger partial charge in [-0.05, 0) is 0 Å². The first kappa shape index (κ1) is 36.2. The predicted molar refractivity (Wildman–Crippen MR) is 101 cm³/mol. The van der Waals surface area contributed by atoms with Crippen LogP contribution in [-0.4, -0.2) is 36.6 Å². The molecule has 0 rings (SSSR count). The molecule has 3 N–H and O–H groups in total. The summed E-state index contributed by atoms with van der Waals surface area (Å²) in [7, 11) is 3.00. The number of aliphatic hydroxyl groups is 3. The number of rotatable bonds is 13. The van der Waals surface area contributed by atoms with Crippen molar-refractivity contribution in [1.29, 1.82) is 0 Å². The first-order valence-corrected chi connectivity index (χ1v) is 10.7. The molecule has 0 fully saturated rings. The number of hydrogen-bond donors (Lipinski definition) is 3. The fraction of sp³-hybridized carbons (Fsp3) is 0.947. The predicted octanol–water partition coefficient (Wildman–Crippen LogP) is 4.89. The molecule has 0 aromatic rings. The van der Waals surface area contributed by atoms with Gasteiger partial charge in [-0.15, -0.1) is 0 Å². The normalized spacial score (nSPS) is 8.00. The molecule has 0 aromatic heterocycles. The van der Waals surface area contributed by atoms with Gasteiger partial charge in [0.1, 0.15) is 0 Å². The number of unbranched alkanes of at least 4 members (excludes halogenated alkanes) is 13. The van der Waals surface area contributed by atoms with Crippen molar-refractivity contribution < 1.29 is 41.1 Å². The van der Waals surface area contributed by atoms with Crippen molar-refractivity contribution in [2.75, 3.05) is 21.3 Å². The third-order valence-corrected chi connectivity index (χ3v) is 3.35. The van der Waals surface area contributed by atoms with E-state index in [0.717, 1.165) is 27.8 Å². The molecule has 0 radical (unpaired) electrons. The summed E-state index contributed by atoms with van der Waals surface area (Å²) >= 11 is -2.00. The van der Waals surface area contributed by atoms with Gasteiger partial charge in [-0.1, -0.05) is 90.4 Å². The van der Waals surface area contributed by atoms with Crippen LogP contribution in [0.3, 0.4) is 0 Å². The summed E-state index contributed by atoms with van der Waals surface area (Å²) in [4.78, 5) is 0. The SMILES string of the molecule is CO.CO.CO.[CH2-]CCCCCCCCCCCCCCC.[O]=[Ti]=[O]. The quantitative estimate of drug-likeness (QED) is 0.232. The fourth-order valence-electron chi connectivity index (χ4n) is 2.19. The molecular weight excluding hydrogens is 356 g/mol. The Balaban J connectivity index is -0.000000126. The molecule has 0 aliphatic heterocycles. The van der Waals surface area contributed by atoms with Crippen molar-refractivity contribution >= 4 is 0 Å². The van der Waals surface area contributed by atoms with Crippen molar-refractivity contribution in [2.45, 2.75) is 96.8 Å². The van der Waals surface area contributed by atoms with Crippen LogP contribution in [0.5, 0.6) is 0 Å². The van der Waals surface area contributed by atoms with E-state index in [-0.39, 0.29) is 0 Å². The van der Waals surface area contributed by atoms with Crippen molar-refractivity contribution in [3.05, 3.63) is 6.92 Å². The van der Waals surface area contributed by atoms with Crippen LogP contribution in [-0.2, 0) is 25.7 Å². The Morgan fingerprint density at radius 1 is 0.560 bits per heavy atom. The van der Waals surface area contributed by atoms with Crippen molar-refractivity contribution in [3.8, 4) is 0 Å². The molecule has 0 aliphatic carbocycles. The molecule has 0 saturated heterocycles. The first-order valence-electron chi connectivity index (χ1n) is 9.46. The van der Waals surface area contributed by atoms with E-state index in [9.17, 15) is 0 Å². The van der Waals surface area contributed by atoms with Crippen LogP contribution in [0.4, 0.5) is 0 Å². The summed E-state index contributed by atoms with van der Waals surface area (Å²) in [5.74, 6) is 0. The van der Waals surface area contributed by atoms with Crippen molar-refractivity contribution in [1.82, 2.24) is 0 Å². The Labute approximate surface area is 166 Å².